The van der Waals surface area contributed by atoms with Crippen molar-refractivity contribution in [3.05, 3.63) is 33.9 Å². The SMILES string of the molecule is Cc1cccc([N+](=O)[O-])c1N(C=O)CC(=O)O. The largest absolute Gasteiger partial charge is 0.480 e. The maximum Gasteiger partial charge on any atom is 0.323 e. The molecule has 1 aromatic carbocycles. The lowest BCUT2D eigenvalue weighted by molar-refractivity contribution is -0.384. The lowest BCUT2D eigenvalue weighted by Crippen LogP contribution is -2.29. The fourth-order valence-corrected chi connectivity index (χ4v) is 1.48. The first-order valence-electron chi connectivity index (χ1n) is 4.65. The summed E-state index contributed by atoms with van der Waals surface area (Å²) in [5, 5.41) is 19.4. The minimum absolute atomic E-state index is 0.00917. The van der Waals surface area contributed by atoms with Gasteiger partial charge < -0.3 is 5.11 Å². The smallest absolute Gasteiger partial charge is 0.323 e. The van der Waals surface area contributed by atoms with Gasteiger partial charge in [-0.25, -0.2) is 0 Å². The highest BCUT2D eigenvalue weighted by Crippen LogP contribution is 2.30. The van der Waals surface area contributed by atoms with Crippen LogP contribution in [0.4, 0.5) is 11.4 Å². The Labute approximate surface area is 96.4 Å². The molecule has 1 rings (SSSR count). The average Bonchev–Trinajstić information content (AvgIpc) is 2.25. The van der Waals surface area contributed by atoms with E-state index < -0.39 is 17.4 Å². The number of hydrogen-bond acceptors (Lipinski definition) is 4. The highest BCUT2D eigenvalue weighted by atomic mass is 16.6. The van der Waals surface area contributed by atoms with Crippen molar-refractivity contribution in [2.45, 2.75) is 6.92 Å². The van der Waals surface area contributed by atoms with Crippen LogP contribution in [0.1, 0.15) is 5.56 Å². The minimum Gasteiger partial charge on any atom is -0.480 e. The summed E-state index contributed by atoms with van der Waals surface area (Å²) in [6, 6.07) is 4.27. The van der Waals surface area contributed by atoms with Crippen LogP contribution in [0.3, 0.4) is 0 Å². The molecule has 0 aliphatic carbocycles. The number of rotatable bonds is 5. The summed E-state index contributed by atoms with van der Waals surface area (Å²) in [5.41, 5.74) is 0.181. The second kappa shape index (κ2) is 5.06. The molecule has 0 heterocycles. The van der Waals surface area contributed by atoms with Gasteiger partial charge in [0.15, 0.2) is 0 Å². The number of carbonyl (C=O) groups is 2. The van der Waals surface area contributed by atoms with E-state index in [4.69, 9.17) is 5.11 Å². The molecule has 1 N–H and O–H groups in total. The number of carbonyl (C=O) groups excluding carboxylic acids is 1. The van der Waals surface area contributed by atoms with E-state index in [9.17, 15) is 19.7 Å². The van der Waals surface area contributed by atoms with Gasteiger partial charge in [0.05, 0.1) is 4.92 Å². The average molecular weight is 238 g/mol. The Kier molecular flexibility index (Phi) is 3.76. The van der Waals surface area contributed by atoms with Gasteiger partial charge in [0.1, 0.15) is 12.2 Å². The Hall–Kier alpha value is -2.44. The summed E-state index contributed by atoms with van der Waals surface area (Å²) in [6.45, 7) is 0.954. The zero-order valence-electron chi connectivity index (χ0n) is 8.99. The molecule has 1 amide bonds. The van der Waals surface area contributed by atoms with Crippen LogP contribution < -0.4 is 4.90 Å². The maximum absolute atomic E-state index is 10.8. The fourth-order valence-electron chi connectivity index (χ4n) is 1.48. The molecule has 0 aliphatic rings. The van der Waals surface area contributed by atoms with E-state index in [1.54, 1.807) is 13.0 Å². The lowest BCUT2D eigenvalue weighted by Gasteiger charge is -2.16. The first-order chi connectivity index (χ1) is 7.97. The second-order valence-corrected chi connectivity index (χ2v) is 3.33. The first-order valence-corrected chi connectivity index (χ1v) is 4.65. The first kappa shape index (κ1) is 12.6. The molecular formula is C10H10N2O5. The lowest BCUT2D eigenvalue weighted by atomic mass is 10.1. The van der Waals surface area contributed by atoms with E-state index in [-0.39, 0.29) is 17.8 Å². The molecule has 1 aromatic rings. The minimum atomic E-state index is -1.24. The van der Waals surface area contributed by atoms with E-state index in [2.05, 4.69) is 0 Å². The molecule has 0 bridgehead atoms. The summed E-state index contributed by atoms with van der Waals surface area (Å²) in [5.74, 6) is -1.24. The summed E-state index contributed by atoms with van der Waals surface area (Å²) < 4.78 is 0. The number of hydrogen-bond donors (Lipinski definition) is 1. The van der Waals surface area contributed by atoms with Gasteiger partial charge in [0.25, 0.3) is 5.69 Å². The van der Waals surface area contributed by atoms with Crippen molar-refractivity contribution in [1.29, 1.82) is 0 Å². The molecule has 7 heteroatoms. The van der Waals surface area contributed by atoms with Gasteiger partial charge in [0, 0.05) is 6.07 Å². The number of para-hydroxylation sites is 1. The van der Waals surface area contributed by atoms with Crippen molar-refractivity contribution in [1.82, 2.24) is 0 Å². The van der Waals surface area contributed by atoms with E-state index in [1.807, 2.05) is 0 Å². The van der Waals surface area contributed by atoms with E-state index in [0.717, 1.165) is 4.90 Å². The Balaban J connectivity index is 3.30. The third-order valence-electron chi connectivity index (χ3n) is 2.13. The number of carboxylic acids is 1. The van der Waals surface area contributed by atoms with Gasteiger partial charge in [-0.15, -0.1) is 0 Å². The van der Waals surface area contributed by atoms with Gasteiger partial charge >= 0.3 is 5.97 Å². The van der Waals surface area contributed by atoms with Crippen molar-refractivity contribution in [2.24, 2.45) is 0 Å². The molecule has 17 heavy (non-hydrogen) atoms. The summed E-state index contributed by atoms with van der Waals surface area (Å²) in [6.07, 6.45) is 0.267. The molecule has 0 radical (unpaired) electrons. The zero-order valence-corrected chi connectivity index (χ0v) is 8.99. The van der Waals surface area contributed by atoms with Crippen LogP contribution >= 0.6 is 0 Å². The fraction of sp³-hybridized carbons (Fsp3) is 0.200. The molecular weight excluding hydrogens is 228 g/mol. The number of amides is 1. The van der Waals surface area contributed by atoms with Gasteiger partial charge in [-0.05, 0) is 12.5 Å². The molecule has 0 saturated heterocycles. The highest BCUT2D eigenvalue weighted by Gasteiger charge is 2.22. The third kappa shape index (κ3) is 2.77. The van der Waals surface area contributed by atoms with Crippen LogP contribution in [0.5, 0.6) is 0 Å². The van der Waals surface area contributed by atoms with Gasteiger partial charge in [-0.3, -0.25) is 24.6 Å². The molecule has 90 valence electrons. The normalized spacial score (nSPS) is 9.71. The van der Waals surface area contributed by atoms with Crippen LogP contribution in [-0.2, 0) is 9.59 Å². The predicted molar refractivity (Wildman–Crippen MR) is 58.9 cm³/mol. The van der Waals surface area contributed by atoms with Crippen LogP contribution in [0.15, 0.2) is 18.2 Å². The molecule has 0 fully saturated rings. The predicted octanol–water partition coefficient (Wildman–Crippen LogP) is 0.951. The Bertz CT molecular complexity index is 472. The molecule has 0 aromatic heterocycles. The number of aryl methyl sites for hydroxylation is 1. The number of nitro groups is 1. The topological polar surface area (TPSA) is 101 Å². The number of nitro benzene ring substituents is 1. The molecule has 0 unspecified atom stereocenters. The van der Waals surface area contributed by atoms with E-state index in [0.29, 0.717) is 5.56 Å². The number of nitrogens with zero attached hydrogens (tertiary/aromatic N) is 2. The molecule has 0 aliphatic heterocycles. The van der Waals surface area contributed by atoms with Crippen molar-refractivity contribution in [2.75, 3.05) is 11.4 Å². The number of carboxylic acid groups (broad SMARTS) is 1. The molecule has 0 atom stereocenters. The second-order valence-electron chi connectivity index (χ2n) is 3.33. The van der Waals surface area contributed by atoms with Crippen LogP contribution in [0, 0.1) is 17.0 Å². The number of anilines is 1. The quantitative estimate of drug-likeness (QED) is 0.467. The zero-order chi connectivity index (χ0) is 13.0. The van der Waals surface area contributed by atoms with Gasteiger partial charge in [0.2, 0.25) is 6.41 Å². The summed E-state index contributed by atoms with van der Waals surface area (Å²) >= 11 is 0. The molecule has 0 spiro atoms. The van der Waals surface area contributed by atoms with Crippen molar-refractivity contribution in [3.8, 4) is 0 Å². The van der Waals surface area contributed by atoms with E-state index in [1.165, 1.54) is 12.1 Å². The Morgan fingerprint density at radius 2 is 2.24 bits per heavy atom. The highest BCUT2D eigenvalue weighted by molar-refractivity contribution is 5.89. The Morgan fingerprint density at radius 3 is 2.71 bits per heavy atom. The van der Waals surface area contributed by atoms with Crippen LogP contribution in [-0.4, -0.2) is 29.0 Å². The van der Waals surface area contributed by atoms with Gasteiger partial charge in [-0.1, -0.05) is 12.1 Å². The number of aliphatic carboxylic acids is 1. The van der Waals surface area contributed by atoms with Crippen molar-refractivity contribution < 1.29 is 19.6 Å². The maximum atomic E-state index is 10.8. The number of benzene rings is 1. The van der Waals surface area contributed by atoms with E-state index >= 15 is 0 Å². The summed E-state index contributed by atoms with van der Waals surface area (Å²) in [7, 11) is 0. The monoisotopic (exact) mass is 238 g/mol. The molecule has 0 saturated carbocycles. The van der Waals surface area contributed by atoms with Gasteiger partial charge in [-0.2, -0.15) is 0 Å². The van der Waals surface area contributed by atoms with Crippen LogP contribution in [0.25, 0.3) is 0 Å². The summed E-state index contributed by atoms with van der Waals surface area (Å²) in [4.78, 5) is 32.3. The van der Waals surface area contributed by atoms with Crippen molar-refractivity contribution >= 4 is 23.8 Å². The standard InChI is InChI=1S/C10H10N2O5/c1-7-3-2-4-8(12(16)17)10(7)11(6-13)5-9(14)15/h2-4,6H,5H2,1H3,(H,14,15). The Morgan fingerprint density at radius 1 is 1.59 bits per heavy atom. The third-order valence-corrected chi connectivity index (χ3v) is 2.13. The molecule has 7 nitrogen and oxygen atoms in total. The van der Waals surface area contributed by atoms with Crippen LogP contribution in [0.2, 0.25) is 0 Å². The van der Waals surface area contributed by atoms with Crippen molar-refractivity contribution in [3.63, 3.8) is 0 Å².